The molecule has 0 bridgehead atoms. The minimum absolute atomic E-state index is 0.102. The van der Waals surface area contributed by atoms with Crippen LogP contribution in [-0.4, -0.2) is 19.0 Å². The molecule has 1 heterocycles. The van der Waals surface area contributed by atoms with Crippen molar-refractivity contribution in [3.63, 3.8) is 0 Å². The molecular formula is C17H22N2O2. The molecular weight excluding hydrogens is 264 g/mol. The second-order valence-electron chi connectivity index (χ2n) is 5.82. The predicted molar refractivity (Wildman–Crippen MR) is 82.8 cm³/mol. The van der Waals surface area contributed by atoms with Crippen molar-refractivity contribution in [3.8, 4) is 0 Å². The van der Waals surface area contributed by atoms with Gasteiger partial charge in [0.2, 0.25) is 5.91 Å². The first-order valence-corrected chi connectivity index (χ1v) is 7.73. The van der Waals surface area contributed by atoms with Gasteiger partial charge in [0.1, 0.15) is 11.3 Å². The van der Waals surface area contributed by atoms with Gasteiger partial charge in [-0.15, -0.1) is 0 Å². The highest BCUT2D eigenvalue weighted by molar-refractivity contribution is 5.79. The lowest BCUT2D eigenvalue weighted by Gasteiger charge is -2.17. The number of rotatable bonds is 5. The fourth-order valence-electron chi connectivity index (χ4n) is 3.26. The van der Waals surface area contributed by atoms with Crippen LogP contribution in [0.25, 0.3) is 11.0 Å². The molecule has 0 unspecified atom stereocenters. The molecule has 1 aromatic carbocycles. The number of fused-ring (bicyclic) bond motifs is 1. The lowest BCUT2D eigenvalue weighted by molar-refractivity contribution is -0.125. The van der Waals surface area contributed by atoms with Crippen molar-refractivity contribution in [3.05, 3.63) is 36.1 Å². The number of nitrogens with one attached hydrogen (secondary N) is 1. The van der Waals surface area contributed by atoms with E-state index in [-0.39, 0.29) is 11.8 Å². The molecule has 3 rings (SSSR count). The van der Waals surface area contributed by atoms with E-state index < -0.39 is 0 Å². The minimum Gasteiger partial charge on any atom is -0.461 e. The summed E-state index contributed by atoms with van der Waals surface area (Å²) >= 11 is 0. The number of benzene rings is 1. The number of carbonyl (C=O) groups excluding carboxylic acids is 1. The van der Waals surface area contributed by atoms with Crippen LogP contribution in [0, 0.1) is 11.8 Å². The van der Waals surface area contributed by atoms with Gasteiger partial charge in [-0.25, -0.2) is 0 Å². The molecule has 1 amide bonds. The second kappa shape index (κ2) is 6.31. The first-order chi connectivity index (χ1) is 10.3. The van der Waals surface area contributed by atoms with E-state index in [1.165, 1.54) is 0 Å². The number of nitrogens with two attached hydrogens (primary N) is 1. The summed E-state index contributed by atoms with van der Waals surface area (Å²) < 4.78 is 5.75. The van der Waals surface area contributed by atoms with E-state index in [9.17, 15) is 4.79 Å². The van der Waals surface area contributed by atoms with Gasteiger partial charge in [-0.05, 0) is 37.4 Å². The van der Waals surface area contributed by atoms with Crippen LogP contribution in [0.5, 0.6) is 0 Å². The van der Waals surface area contributed by atoms with Crippen LogP contribution in [-0.2, 0) is 11.2 Å². The lowest BCUT2D eigenvalue weighted by Crippen LogP contribution is -2.36. The first kappa shape index (κ1) is 14.1. The van der Waals surface area contributed by atoms with Crippen LogP contribution in [0.4, 0.5) is 0 Å². The highest BCUT2D eigenvalue weighted by Crippen LogP contribution is 2.30. The summed E-state index contributed by atoms with van der Waals surface area (Å²) in [6, 6.07) is 9.99. The third kappa shape index (κ3) is 3.10. The van der Waals surface area contributed by atoms with Crippen LogP contribution < -0.4 is 11.1 Å². The van der Waals surface area contributed by atoms with E-state index >= 15 is 0 Å². The fraction of sp³-hybridized carbons (Fsp3) is 0.471. The van der Waals surface area contributed by atoms with Crippen LogP contribution in [0.3, 0.4) is 0 Å². The number of para-hydroxylation sites is 1. The Morgan fingerprint density at radius 1 is 1.33 bits per heavy atom. The van der Waals surface area contributed by atoms with Gasteiger partial charge in [-0.3, -0.25) is 4.79 Å². The smallest absolute Gasteiger partial charge is 0.223 e. The molecule has 0 spiro atoms. The quantitative estimate of drug-likeness (QED) is 0.887. The Hall–Kier alpha value is -1.81. The van der Waals surface area contributed by atoms with Gasteiger partial charge >= 0.3 is 0 Å². The molecule has 3 N–H and O–H groups in total. The zero-order valence-corrected chi connectivity index (χ0v) is 12.2. The monoisotopic (exact) mass is 286 g/mol. The topological polar surface area (TPSA) is 68.3 Å². The van der Waals surface area contributed by atoms with Crippen LogP contribution >= 0.6 is 0 Å². The normalized spacial score (nSPS) is 21.8. The van der Waals surface area contributed by atoms with Gasteiger partial charge in [0.15, 0.2) is 0 Å². The minimum atomic E-state index is 0.102. The molecule has 4 heteroatoms. The molecule has 1 aromatic heterocycles. The lowest BCUT2D eigenvalue weighted by atomic mass is 9.95. The Balaban J connectivity index is 1.52. The Labute approximate surface area is 124 Å². The van der Waals surface area contributed by atoms with E-state index in [0.717, 1.165) is 42.4 Å². The molecule has 4 nitrogen and oxygen atoms in total. The van der Waals surface area contributed by atoms with Crippen molar-refractivity contribution in [2.24, 2.45) is 17.6 Å². The van der Waals surface area contributed by atoms with Crippen molar-refractivity contribution in [2.45, 2.75) is 25.7 Å². The summed E-state index contributed by atoms with van der Waals surface area (Å²) in [5.74, 6) is 1.53. The van der Waals surface area contributed by atoms with Crippen molar-refractivity contribution >= 4 is 16.9 Å². The zero-order chi connectivity index (χ0) is 14.7. The molecule has 112 valence electrons. The maximum absolute atomic E-state index is 12.2. The molecule has 1 aliphatic carbocycles. The number of carbonyl (C=O) groups is 1. The SMILES string of the molecule is NC[C@H]1CCC[C@H]1C(=O)NCCc1cc2ccccc2o1. The average molecular weight is 286 g/mol. The number of furan rings is 1. The molecule has 1 aliphatic rings. The van der Waals surface area contributed by atoms with Gasteiger partial charge in [0.25, 0.3) is 0 Å². The molecule has 0 saturated heterocycles. The Bertz CT molecular complexity index is 587. The number of hydrogen-bond acceptors (Lipinski definition) is 3. The average Bonchev–Trinajstić information content (AvgIpc) is 3.12. The summed E-state index contributed by atoms with van der Waals surface area (Å²) in [4.78, 5) is 12.2. The van der Waals surface area contributed by atoms with Gasteiger partial charge in [0, 0.05) is 24.3 Å². The second-order valence-corrected chi connectivity index (χ2v) is 5.82. The fourth-order valence-corrected chi connectivity index (χ4v) is 3.26. The Morgan fingerprint density at radius 3 is 3.00 bits per heavy atom. The predicted octanol–water partition coefficient (Wildman–Crippen LogP) is 2.47. The summed E-state index contributed by atoms with van der Waals surface area (Å²) in [5, 5.41) is 4.14. The largest absolute Gasteiger partial charge is 0.461 e. The standard InChI is InChI=1S/C17H22N2O2/c18-11-13-5-3-6-15(13)17(20)19-9-8-14-10-12-4-1-2-7-16(12)21-14/h1-2,4,7,10,13,15H,3,5-6,8-9,11,18H2,(H,19,20)/t13-,15-/m1/s1. The van der Waals surface area contributed by atoms with Crippen LogP contribution in [0.15, 0.2) is 34.7 Å². The highest BCUT2D eigenvalue weighted by atomic mass is 16.3. The summed E-state index contributed by atoms with van der Waals surface area (Å²) in [5.41, 5.74) is 6.63. The molecule has 0 radical (unpaired) electrons. The molecule has 2 aromatic rings. The van der Waals surface area contributed by atoms with E-state index in [0.29, 0.717) is 19.0 Å². The van der Waals surface area contributed by atoms with E-state index in [1.807, 2.05) is 30.3 Å². The molecule has 2 atom stereocenters. The first-order valence-electron chi connectivity index (χ1n) is 7.73. The van der Waals surface area contributed by atoms with Gasteiger partial charge in [-0.2, -0.15) is 0 Å². The Morgan fingerprint density at radius 2 is 2.19 bits per heavy atom. The van der Waals surface area contributed by atoms with E-state index in [4.69, 9.17) is 10.2 Å². The summed E-state index contributed by atoms with van der Waals surface area (Å²) in [6.07, 6.45) is 3.89. The van der Waals surface area contributed by atoms with Gasteiger partial charge < -0.3 is 15.5 Å². The van der Waals surface area contributed by atoms with Crippen LogP contribution in [0.2, 0.25) is 0 Å². The molecule has 1 saturated carbocycles. The van der Waals surface area contributed by atoms with E-state index in [2.05, 4.69) is 5.32 Å². The highest BCUT2D eigenvalue weighted by Gasteiger charge is 2.31. The van der Waals surface area contributed by atoms with Gasteiger partial charge in [-0.1, -0.05) is 24.6 Å². The van der Waals surface area contributed by atoms with Gasteiger partial charge in [0.05, 0.1) is 0 Å². The van der Waals surface area contributed by atoms with Crippen molar-refractivity contribution < 1.29 is 9.21 Å². The van der Waals surface area contributed by atoms with Crippen molar-refractivity contribution in [1.82, 2.24) is 5.32 Å². The van der Waals surface area contributed by atoms with E-state index in [1.54, 1.807) is 0 Å². The third-order valence-electron chi connectivity index (χ3n) is 4.45. The third-order valence-corrected chi connectivity index (χ3v) is 4.45. The maximum atomic E-state index is 12.2. The van der Waals surface area contributed by atoms with Crippen molar-refractivity contribution in [1.29, 1.82) is 0 Å². The number of hydrogen-bond donors (Lipinski definition) is 2. The van der Waals surface area contributed by atoms with Crippen molar-refractivity contribution in [2.75, 3.05) is 13.1 Å². The molecule has 21 heavy (non-hydrogen) atoms. The van der Waals surface area contributed by atoms with Crippen LogP contribution in [0.1, 0.15) is 25.0 Å². The molecule has 1 fully saturated rings. The Kier molecular flexibility index (Phi) is 4.25. The number of amides is 1. The summed E-state index contributed by atoms with van der Waals surface area (Å²) in [6.45, 7) is 1.23. The maximum Gasteiger partial charge on any atom is 0.223 e. The molecule has 0 aliphatic heterocycles. The zero-order valence-electron chi connectivity index (χ0n) is 12.2. The summed E-state index contributed by atoms with van der Waals surface area (Å²) in [7, 11) is 0.